The van der Waals surface area contributed by atoms with E-state index in [0.29, 0.717) is 5.76 Å². The molecule has 0 aliphatic heterocycles. The van der Waals surface area contributed by atoms with Gasteiger partial charge in [-0.15, -0.1) is 0 Å². The Hall–Kier alpha value is -1.83. The van der Waals surface area contributed by atoms with Gasteiger partial charge in [0, 0.05) is 6.07 Å². The first kappa shape index (κ1) is 16.5. The number of allylic oxidation sites excluding steroid dienone is 5. The van der Waals surface area contributed by atoms with E-state index in [2.05, 4.69) is 32.9 Å². The lowest BCUT2D eigenvalue weighted by Gasteiger charge is -2.32. The van der Waals surface area contributed by atoms with Gasteiger partial charge in [0.05, 0.1) is 0 Å². The van der Waals surface area contributed by atoms with Gasteiger partial charge in [0.1, 0.15) is 5.76 Å². The minimum absolute atomic E-state index is 0.245. The van der Waals surface area contributed by atoms with Crippen molar-refractivity contribution in [1.82, 2.24) is 0 Å². The third kappa shape index (κ3) is 4.09. The van der Waals surface area contributed by atoms with Gasteiger partial charge in [-0.3, -0.25) is 0 Å². The normalized spacial score (nSPS) is 19.0. The van der Waals surface area contributed by atoms with E-state index in [1.165, 1.54) is 36.5 Å². The zero-order chi connectivity index (χ0) is 16.3. The van der Waals surface area contributed by atoms with Crippen LogP contribution >= 0.6 is 0 Å². The number of rotatable bonds is 3. The van der Waals surface area contributed by atoms with E-state index in [0.717, 1.165) is 11.1 Å². The van der Waals surface area contributed by atoms with Gasteiger partial charge in [0.2, 0.25) is 0 Å². The third-order valence-corrected chi connectivity index (χ3v) is 4.36. The first-order valence-electron chi connectivity index (χ1n) is 7.96. The van der Waals surface area contributed by atoms with Gasteiger partial charge >= 0.3 is 5.63 Å². The van der Waals surface area contributed by atoms with E-state index in [9.17, 15) is 4.79 Å². The Morgan fingerprint density at radius 1 is 1.27 bits per heavy atom. The molecule has 0 amide bonds. The molecular weight excluding hydrogens is 272 g/mol. The van der Waals surface area contributed by atoms with Crippen LogP contribution < -0.4 is 5.63 Å². The van der Waals surface area contributed by atoms with Crippen LogP contribution in [0.2, 0.25) is 0 Å². The smallest absolute Gasteiger partial charge is 0.336 e. The molecule has 0 atom stereocenters. The van der Waals surface area contributed by atoms with Crippen LogP contribution in [0, 0.1) is 12.3 Å². The molecule has 0 fully saturated rings. The second kappa shape index (κ2) is 6.51. The van der Waals surface area contributed by atoms with Crippen LogP contribution in [0.5, 0.6) is 0 Å². The predicted octanol–water partition coefficient (Wildman–Crippen LogP) is 5.43. The summed E-state index contributed by atoms with van der Waals surface area (Å²) in [5.41, 5.74) is 4.88. The van der Waals surface area contributed by atoms with Crippen molar-refractivity contribution in [3.8, 4) is 0 Å². The molecule has 0 spiro atoms. The molecule has 0 bridgehead atoms. The molecule has 1 aliphatic carbocycles. The summed E-state index contributed by atoms with van der Waals surface area (Å²) in [6, 6.07) is 3.38. The van der Waals surface area contributed by atoms with Crippen LogP contribution in [-0.4, -0.2) is 0 Å². The zero-order valence-corrected chi connectivity index (χ0v) is 14.3. The van der Waals surface area contributed by atoms with Crippen molar-refractivity contribution in [1.29, 1.82) is 0 Å². The van der Waals surface area contributed by atoms with E-state index >= 15 is 0 Å². The Labute approximate surface area is 133 Å². The summed E-state index contributed by atoms with van der Waals surface area (Å²) in [5, 5.41) is 0. The van der Waals surface area contributed by atoms with E-state index in [4.69, 9.17) is 4.42 Å². The fraction of sp³-hybridized carbons (Fsp3) is 0.450. The van der Waals surface area contributed by atoms with Crippen molar-refractivity contribution < 1.29 is 4.42 Å². The van der Waals surface area contributed by atoms with Gasteiger partial charge in [0.25, 0.3) is 0 Å². The molecule has 0 saturated heterocycles. The molecular formula is C20H26O2. The summed E-state index contributed by atoms with van der Waals surface area (Å²) >= 11 is 0. The molecule has 1 aromatic heterocycles. The summed E-state index contributed by atoms with van der Waals surface area (Å²) in [7, 11) is 0. The summed E-state index contributed by atoms with van der Waals surface area (Å²) in [4.78, 5) is 11.4. The van der Waals surface area contributed by atoms with E-state index < -0.39 is 0 Å². The van der Waals surface area contributed by atoms with E-state index in [1.54, 1.807) is 0 Å². The average Bonchev–Trinajstić information content (AvgIpc) is 2.35. The van der Waals surface area contributed by atoms with Crippen molar-refractivity contribution in [2.45, 2.75) is 53.9 Å². The summed E-state index contributed by atoms with van der Waals surface area (Å²) < 4.78 is 5.20. The highest BCUT2D eigenvalue weighted by Crippen LogP contribution is 2.40. The molecule has 1 aromatic rings. The molecule has 0 saturated carbocycles. The Morgan fingerprint density at radius 3 is 2.64 bits per heavy atom. The molecule has 0 N–H and O–H groups in total. The molecule has 0 aromatic carbocycles. The predicted molar refractivity (Wildman–Crippen MR) is 92.8 cm³/mol. The summed E-state index contributed by atoms with van der Waals surface area (Å²) in [6.07, 6.45) is 9.97. The van der Waals surface area contributed by atoms with Crippen molar-refractivity contribution in [2.24, 2.45) is 5.41 Å². The minimum Gasteiger partial charge on any atom is -0.423 e. The van der Waals surface area contributed by atoms with Crippen LogP contribution in [0.15, 0.2) is 50.2 Å². The number of hydrogen-bond donors (Lipinski definition) is 0. The highest BCUT2D eigenvalue weighted by molar-refractivity contribution is 5.52. The first-order valence-corrected chi connectivity index (χ1v) is 7.96. The minimum atomic E-state index is -0.296. The highest BCUT2D eigenvalue weighted by Gasteiger charge is 2.26. The topological polar surface area (TPSA) is 30.2 Å². The highest BCUT2D eigenvalue weighted by atomic mass is 16.4. The van der Waals surface area contributed by atoms with Crippen LogP contribution in [0.25, 0.3) is 6.08 Å². The van der Waals surface area contributed by atoms with Gasteiger partial charge in [-0.25, -0.2) is 4.79 Å². The Morgan fingerprint density at radius 2 is 2.00 bits per heavy atom. The lowest BCUT2D eigenvalue weighted by atomic mass is 9.72. The summed E-state index contributed by atoms with van der Waals surface area (Å²) in [5.74, 6) is 0.612. The molecule has 0 unspecified atom stereocenters. The van der Waals surface area contributed by atoms with Crippen molar-refractivity contribution in [3.05, 3.63) is 62.7 Å². The molecule has 0 radical (unpaired) electrons. The summed E-state index contributed by atoms with van der Waals surface area (Å²) in [6.45, 7) is 10.8. The third-order valence-electron chi connectivity index (χ3n) is 4.36. The maximum absolute atomic E-state index is 11.4. The second-order valence-electron chi connectivity index (χ2n) is 7.01. The average molecular weight is 298 g/mol. The maximum Gasteiger partial charge on any atom is 0.336 e. The zero-order valence-electron chi connectivity index (χ0n) is 14.3. The molecule has 118 valence electrons. The van der Waals surface area contributed by atoms with Gasteiger partial charge in [-0.05, 0) is 74.3 Å². The monoisotopic (exact) mass is 298 g/mol. The Bertz CT molecular complexity index is 697. The number of aryl methyl sites for hydroxylation is 1. The largest absolute Gasteiger partial charge is 0.423 e. The lowest BCUT2D eigenvalue weighted by Crippen LogP contribution is -2.19. The SMILES string of the molecule is CC1=C(/C=C/C(C)=C\c2cc(C)cc(=O)o2)C(C)(C)CCC1. The van der Waals surface area contributed by atoms with Crippen molar-refractivity contribution in [2.75, 3.05) is 0 Å². The number of hydrogen-bond acceptors (Lipinski definition) is 2. The van der Waals surface area contributed by atoms with E-state index in [1.807, 2.05) is 26.0 Å². The molecule has 2 rings (SSSR count). The first-order chi connectivity index (χ1) is 10.3. The van der Waals surface area contributed by atoms with Gasteiger partial charge in [-0.1, -0.05) is 31.6 Å². The van der Waals surface area contributed by atoms with Crippen LogP contribution in [0.1, 0.15) is 58.3 Å². The van der Waals surface area contributed by atoms with Crippen LogP contribution in [0.3, 0.4) is 0 Å². The molecule has 1 heterocycles. The molecule has 2 heteroatoms. The molecule has 1 aliphatic rings. The fourth-order valence-electron chi connectivity index (χ4n) is 3.20. The van der Waals surface area contributed by atoms with Gasteiger partial charge < -0.3 is 4.42 Å². The molecule has 22 heavy (non-hydrogen) atoms. The molecule has 2 nitrogen and oxygen atoms in total. The van der Waals surface area contributed by atoms with Crippen molar-refractivity contribution in [3.63, 3.8) is 0 Å². The Kier molecular flexibility index (Phi) is 4.90. The van der Waals surface area contributed by atoms with Crippen LogP contribution in [-0.2, 0) is 0 Å². The van der Waals surface area contributed by atoms with Crippen molar-refractivity contribution >= 4 is 6.08 Å². The fourth-order valence-corrected chi connectivity index (χ4v) is 3.20. The van der Waals surface area contributed by atoms with Gasteiger partial charge in [0.15, 0.2) is 0 Å². The van der Waals surface area contributed by atoms with Crippen LogP contribution in [0.4, 0.5) is 0 Å². The Balaban J connectivity index is 2.25. The maximum atomic E-state index is 11.4. The second-order valence-corrected chi connectivity index (χ2v) is 7.01. The van der Waals surface area contributed by atoms with Gasteiger partial charge in [-0.2, -0.15) is 0 Å². The standard InChI is InChI=1S/C20H26O2/c1-14(11-17-12-15(2)13-19(21)22-17)8-9-18-16(3)7-6-10-20(18,4)5/h8-9,11-13H,6-7,10H2,1-5H3/b9-8+,14-11-. The lowest BCUT2D eigenvalue weighted by molar-refractivity contribution is 0.377. The quantitative estimate of drug-likeness (QED) is 0.696. The van der Waals surface area contributed by atoms with E-state index in [-0.39, 0.29) is 11.0 Å².